The smallest absolute Gasteiger partial charge is 0.0834 e. The summed E-state index contributed by atoms with van der Waals surface area (Å²) in [5, 5.41) is 0. The molecule has 0 atom stereocenters. The summed E-state index contributed by atoms with van der Waals surface area (Å²) in [5.41, 5.74) is 11.2. The summed E-state index contributed by atoms with van der Waals surface area (Å²) >= 11 is 0. The van der Waals surface area contributed by atoms with Gasteiger partial charge in [-0.15, -0.1) is 16.4 Å². The standard InChI is InChI=1S/C9H62B50/c1-2-4-6(40(45(15)16)56(35)48(21)22)5(3-39(44(13)14)54(33)36-10)8(41(46(17)18)57(38-12)49(23)24)9(42(47(19)20)58(50(25)26)51(27)28)7(4)43(55(34)37-11)59(52(29)30)53(31)32/h36-38H,2-3,10-35H2,1H3. The van der Waals surface area contributed by atoms with Gasteiger partial charge in [-0.1, -0.05) is 29.8 Å². The fraction of sp³-hybridized carbons (Fsp3) is 0.333. The summed E-state index contributed by atoms with van der Waals surface area (Å²) in [5.74, 6) is 0. The first kappa shape index (κ1) is 59.5. The molecule has 59 heavy (non-hydrogen) atoms. The van der Waals surface area contributed by atoms with Gasteiger partial charge in [-0.3, -0.25) is 0 Å². The summed E-state index contributed by atoms with van der Waals surface area (Å²) in [6.07, 6.45) is 12.2. The molecule has 0 unspecified atom stereocenters. The van der Waals surface area contributed by atoms with E-state index in [1.807, 2.05) is 33.0 Å². The molecule has 0 amide bonds. The zero-order chi connectivity index (χ0) is 46.1. The first-order valence-electron chi connectivity index (χ1n) is 26.4. The predicted molar refractivity (Wildman–Crippen MR) is 402 cm³/mol. The van der Waals surface area contributed by atoms with Crippen molar-refractivity contribution in [3.63, 3.8) is 0 Å². The van der Waals surface area contributed by atoms with Crippen LogP contribution in [0, 0.1) is 0 Å². The third-order valence-electron chi connectivity index (χ3n) is 17.0. The molecule has 0 saturated heterocycles. The van der Waals surface area contributed by atoms with E-state index in [0.717, 1.165) is 6.42 Å². The Labute approximate surface area is 406 Å². The fourth-order valence-corrected chi connectivity index (χ4v) is 13.8. The SMILES string of the molecule is BBB(B)B(Cc1c(B(B(B)B)B(B)B(B)B)c(CC)c(B(B(B)BB)B(B(B)B)B(B)B)c(B(B(B)B)B(B(B)B)B(B)B)c1B(B(B)B)B(BB)B(B)B)B(B)B. The van der Waals surface area contributed by atoms with Gasteiger partial charge in [0.25, 0.3) is 0 Å². The van der Waals surface area contributed by atoms with E-state index >= 15 is 0 Å². The third-order valence-corrected chi connectivity index (χ3v) is 17.0. The second-order valence-electron chi connectivity index (χ2n) is 24.2. The lowest BCUT2D eigenvalue weighted by Crippen LogP contribution is -2.85. The van der Waals surface area contributed by atoms with Gasteiger partial charge in [-0.25, -0.2) is 0 Å². The molecular weight excluding hydrogens is 649 g/mol. The van der Waals surface area contributed by atoms with E-state index in [-0.39, 0.29) is 0 Å². The number of rotatable bonds is 26. The lowest BCUT2D eigenvalue weighted by molar-refractivity contribution is 1.16. The molecule has 0 aromatic heterocycles. The molecule has 1 rings (SSSR count). The molecule has 1 aromatic rings. The fourth-order valence-electron chi connectivity index (χ4n) is 13.8. The summed E-state index contributed by atoms with van der Waals surface area (Å²) in [6.45, 7) is 5.34. The van der Waals surface area contributed by atoms with Crippen molar-refractivity contribution in [3.8, 4) is 0 Å². The molecular formula is C9H62B50. The first-order valence-corrected chi connectivity index (χ1v) is 26.4. The molecule has 0 fully saturated rings. The lowest BCUT2D eigenvalue weighted by Gasteiger charge is -2.46. The van der Waals surface area contributed by atoms with Crippen LogP contribution in [0.1, 0.15) is 18.1 Å². The van der Waals surface area contributed by atoms with Gasteiger partial charge in [0.15, 0.2) is 0 Å². The maximum absolute atomic E-state index is 2.67. The van der Waals surface area contributed by atoms with Gasteiger partial charge < -0.3 is 0 Å². The number of hydrogen-bond acceptors (Lipinski definition) is 0. The van der Waals surface area contributed by atoms with Crippen molar-refractivity contribution in [1.82, 2.24) is 0 Å². The predicted octanol–water partition coefficient (Wildman–Crippen LogP) is -34.8. The van der Waals surface area contributed by atoms with Crippen LogP contribution in [0.15, 0.2) is 0 Å². The van der Waals surface area contributed by atoms with Crippen molar-refractivity contribution in [3.05, 3.63) is 11.1 Å². The highest BCUT2D eigenvalue weighted by molar-refractivity contribution is 8.06. The van der Waals surface area contributed by atoms with Crippen LogP contribution in [0.2, 0.25) is 0 Å². The first-order chi connectivity index (χ1) is 27.2. The van der Waals surface area contributed by atoms with Crippen molar-refractivity contribution in [2.75, 3.05) is 0 Å². The molecule has 0 aliphatic heterocycles. The molecule has 0 bridgehead atoms. The van der Waals surface area contributed by atoms with Gasteiger partial charge in [-0.05, 0) is 6.42 Å². The largest absolute Gasteiger partial charge is 0.113 e. The summed E-state index contributed by atoms with van der Waals surface area (Å²) in [4.78, 5) is 0. The highest BCUT2D eigenvalue weighted by Gasteiger charge is 2.50. The average molecular weight is 711 g/mol. The minimum Gasteiger partial charge on any atom is -0.113 e. The van der Waals surface area contributed by atoms with Gasteiger partial charge in [0.05, 0.1) is 234 Å². The van der Waals surface area contributed by atoms with Crippen LogP contribution in [0.25, 0.3) is 0 Å². The monoisotopic (exact) mass is 721 g/mol. The Balaban J connectivity index is 5.73. The Morgan fingerprint density at radius 1 is 0.356 bits per heavy atom. The molecule has 0 aliphatic carbocycles. The summed E-state index contributed by atoms with van der Waals surface area (Å²) in [7, 11) is 70.8. The third kappa shape index (κ3) is 14.7. The van der Waals surface area contributed by atoms with Crippen LogP contribution >= 0.6 is 0 Å². The summed E-state index contributed by atoms with van der Waals surface area (Å²) < 4.78 is 0. The number of benzene rings is 1. The second-order valence-corrected chi connectivity index (χ2v) is 24.2. The van der Waals surface area contributed by atoms with Crippen molar-refractivity contribution in [2.45, 2.75) is 19.7 Å². The van der Waals surface area contributed by atoms with Crippen LogP contribution in [0.3, 0.4) is 0 Å². The molecule has 50 heteroatoms. The van der Waals surface area contributed by atoms with Crippen LogP contribution in [-0.2, 0) is 12.7 Å². The van der Waals surface area contributed by atoms with Crippen molar-refractivity contribution in [1.29, 1.82) is 0 Å². The van der Waals surface area contributed by atoms with Gasteiger partial charge >= 0.3 is 0 Å². The van der Waals surface area contributed by atoms with E-state index in [9.17, 15) is 0 Å². The minimum atomic E-state index is 0.511. The van der Waals surface area contributed by atoms with E-state index in [1.165, 1.54) is 27.5 Å². The molecule has 0 aliphatic rings. The van der Waals surface area contributed by atoms with Gasteiger partial charge in [0, 0.05) is 123 Å². The van der Waals surface area contributed by atoms with E-state index in [4.69, 9.17) is 0 Å². The van der Waals surface area contributed by atoms with Crippen molar-refractivity contribution < 1.29 is 0 Å². The van der Waals surface area contributed by atoms with Crippen LogP contribution in [0.5, 0.6) is 0 Å². The highest BCUT2D eigenvalue weighted by Crippen LogP contribution is 2.16. The molecule has 0 nitrogen and oxygen atoms in total. The number of hydrogen-bond donors (Lipinski definition) is 0. The Morgan fingerprint density at radius 2 is 0.763 bits per heavy atom. The zero-order valence-corrected chi connectivity index (χ0v) is 45.7. The van der Waals surface area contributed by atoms with Crippen LogP contribution < -0.4 is 21.9 Å². The molecule has 0 spiro atoms. The van der Waals surface area contributed by atoms with Crippen molar-refractivity contribution in [2.24, 2.45) is 0 Å². The topological polar surface area (TPSA) is 0 Å². The Hall–Kier alpha value is 2.47. The minimum absolute atomic E-state index is 0.511. The Bertz CT molecular complexity index is 1330. The molecule has 0 N–H and O–H groups in total. The van der Waals surface area contributed by atoms with Gasteiger partial charge in [0.1, 0.15) is 0 Å². The molecule has 0 saturated carbocycles. The average Bonchev–Trinajstić information content (AvgIpc) is 3.11. The normalized spacial score (nSPS) is 9.98. The maximum atomic E-state index is 2.67. The van der Waals surface area contributed by atoms with E-state index in [0.29, 0.717) is 135 Å². The van der Waals surface area contributed by atoms with Gasteiger partial charge in [-0.2, -0.15) is 0 Å². The van der Waals surface area contributed by atoms with Crippen molar-refractivity contribution >= 4 is 379 Å². The second kappa shape index (κ2) is 27.3. The van der Waals surface area contributed by atoms with Gasteiger partial charge in [0.2, 0.25) is 0 Å². The van der Waals surface area contributed by atoms with E-state index < -0.39 is 0 Å². The molecule has 1 aromatic carbocycles. The van der Waals surface area contributed by atoms with Crippen LogP contribution in [0.4, 0.5) is 0 Å². The van der Waals surface area contributed by atoms with E-state index in [2.05, 4.69) is 208 Å². The highest BCUT2D eigenvalue weighted by atomic mass is 14.1. The maximum Gasteiger partial charge on any atom is 0.0834 e. The molecule has 248 valence electrons. The lowest BCUT2D eigenvalue weighted by atomic mass is 8.52. The van der Waals surface area contributed by atoms with E-state index in [1.54, 1.807) is 0 Å². The molecule has 0 heterocycles. The van der Waals surface area contributed by atoms with Crippen LogP contribution in [-0.4, -0.2) is 357 Å². The zero-order valence-electron chi connectivity index (χ0n) is 45.7. The Morgan fingerprint density at radius 3 is 1.07 bits per heavy atom. The summed E-state index contributed by atoms with van der Waals surface area (Å²) in [6, 6.07) is 0. The Kier molecular flexibility index (Phi) is 27.5. The quantitative estimate of drug-likeness (QED) is 0.0840. The molecule has 0 radical (unpaired) electrons.